The minimum atomic E-state index is -1.78. The van der Waals surface area contributed by atoms with E-state index in [2.05, 4.69) is 0 Å². The fourth-order valence-corrected chi connectivity index (χ4v) is 4.02. The number of ether oxygens (including phenoxy) is 3. The van der Waals surface area contributed by atoms with Gasteiger partial charge < -0.3 is 14.2 Å². The number of benzene rings is 2. The van der Waals surface area contributed by atoms with E-state index in [1.807, 2.05) is 6.92 Å². The SMILES string of the molecule is CCCC12COC(c3ccc(CCc4cc(F)c(F)c(F)c4)c(F)c3F)(OC1)OC2. The van der Waals surface area contributed by atoms with Crippen molar-refractivity contribution in [1.82, 2.24) is 0 Å². The van der Waals surface area contributed by atoms with Crippen LogP contribution in [0.4, 0.5) is 22.0 Å². The lowest BCUT2D eigenvalue weighted by atomic mass is 9.83. The Morgan fingerprint density at radius 1 is 0.800 bits per heavy atom. The second-order valence-electron chi connectivity index (χ2n) is 7.95. The van der Waals surface area contributed by atoms with Crippen molar-refractivity contribution in [2.24, 2.45) is 5.41 Å². The van der Waals surface area contributed by atoms with Gasteiger partial charge in [-0.15, -0.1) is 0 Å². The fourth-order valence-electron chi connectivity index (χ4n) is 4.02. The molecule has 3 fully saturated rings. The predicted molar refractivity (Wildman–Crippen MR) is 97.0 cm³/mol. The van der Waals surface area contributed by atoms with Crippen LogP contribution in [-0.2, 0) is 33.0 Å². The summed E-state index contributed by atoms with van der Waals surface area (Å²) in [5.74, 6) is -8.27. The molecular weight excluding hydrogens is 407 g/mol. The van der Waals surface area contributed by atoms with Gasteiger partial charge in [-0.2, -0.15) is 0 Å². The zero-order valence-corrected chi connectivity index (χ0v) is 16.4. The average Bonchev–Trinajstić information content (AvgIpc) is 2.74. The molecule has 5 rings (SSSR count). The molecule has 30 heavy (non-hydrogen) atoms. The monoisotopic (exact) mass is 428 g/mol. The Morgan fingerprint density at radius 3 is 1.97 bits per heavy atom. The standard InChI is InChI=1S/C22H21F5O3/c1-2-7-21-10-28-22(29-11-21,30-12-21)15-6-5-14(18(25)19(15)26)4-3-13-8-16(23)20(27)17(24)9-13/h5-6,8-9H,2-4,7,10-12H2,1H3. The largest absolute Gasteiger partial charge is 0.323 e. The van der Waals surface area contributed by atoms with Crippen LogP contribution in [0.15, 0.2) is 24.3 Å². The minimum absolute atomic E-state index is 0.00198. The van der Waals surface area contributed by atoms with Gasteiger partial charge in [0, 0.05) is 5.41 Å². The molecule has 3 aliphatic heterocycles. The Balaban J connectivity index is 1.52. The van der Waals surface area contributed by atoms with Crippen molar-refractivity contribution < 1.29 is 36.2 Å². The molecule has 162 valence electrons. The second kappa shape index (κ2) is 7.90. The van der Waals surface area contributed by atoms with E-state index >= 15 is 0 Å². The van der Waals surface area contributed by atoms with Crippen molar-refractivity contribution in [3.8, 4) is 0 Å². The third-order valence-electron chi connectivity index (χ3n) is 5.70. The van der Waals surface area contributed by atoms with E-state index < -0.39 is 35.1 Å². The summed E-state index contributed by atoms with van der Waals surface area (Å²) in [5.41, 5.74) is -0.321. The Morgan fingerprint density at radius 2 is 1.40 bits per heavy atom. The van der Waals surface area contributed by atoms with E-state index in [1.165, 1.54) is 12.1 Å². The fraction of sp³-hybridized carbons (Fsp3) is 0.455. The predicted octanol–water partition coefficient (Wildman–Crippen LogP) is 5.14. The van der Waals surface area contributed by atoms with Crippen LogP contribution >= 0.6 is 0 Å². The molecule has 0 unspecified atom stereocenters. The maximum absolute atomic E-state index is 14.9. The van der Waals surface area contributed by atoms with Crippen LogP contribution in [-0.4, -0.2) is 19.8 Å². The number of hydrogen-bond acceptors (Lipinski definition) is 3. The first-order chi connectivity index (χ1) is 14.3. The molecule has 3 heterocycles. The molecule has 0 radical (unpaired) electrons. The second-order valence-corrected chi connectivity index (χ2v) is 7.95. The van der Waals surface area contributed by atoms with Gasteiger partial charge in [0.2, 0.25) is 0 Å². The molecule has 3 saturated heterocycles. The Kier molecular flexibility index (Phi) is 5.59. The van der Waals surface area contributed by atoms with E-state index in [4.69, 9.17) is 14.2 Å². The topological polar surface area (TPSA) is 27.7 Å². The van der Waals surface area contributed by atoms with Crippen molar-refractivity contribution in [3.05, 3.63) is 70.0 Å². The van der Waals surface area contributed by atoms with Gasteiger partial charge in [-0.1, -0.05) is 19.4 Å². The summed E-state index contributed by atoms with van der Waals surface area (Å²) in [5, 5.41) is 0. The molecule has 2 aromatic carbocycles. The van der Waals surface area contributed by atoms with Crippen LogP contribution < -0.4 is 0 Å². The summed E-state index contributed by atoms with van der Waals surface area (Å²) in [7, 11) is 0. The zero-order chi connectivity index (χ0) is 21.5. The van der Waals surface area contributed by atoms with Crippen LogP contribution in [0.25, 0.3) is 0 Å². The molecule has 0 saturated carbocycles. The molecule has 0 aromatic heterocycles. The highest BCUT2D eigenvalue weighted by molar-refractivity contribution is 5.30. The summed E-state index contributed by atoms with van der Waals surface area (Å²) in [4.78, 5) is 0. The number of aryl methyl sites for hydroxylation is 2. The third-order valence-corrected chi connectivity index (χ3v) is 5.70. The molecule has 0 aliphatic carbocycles. The number of halogens is 5. The number of rotatable bonds is 6. The third kappa shape index (κ3) is 3.61. The summed E-state index contributed by atoms with van der Waals surface area (Å²) in [6.45, 7) is 3.01. The summed E-state index contributed by atoms with van der Waals surface area (Å²) in [6.07, 6.45) is 1.72. The van der Waals surface area contributed by atoms with Gasteiger partial charge in [-0.3, -0.25) is 0 Å². The lowest BCUT2D eigenvalue weighted by molar-refractivity contribution is -0.481. The molecular formula is C22H21F5O3. The Hall–Kier alpha value is -2.03. The van der Waals surface area contributed by atoms with Gasteiger partial charge in [0.05, 0.1) is 25.4 Å². The first kappa shape index (κ1) is 21.2. The minimum Gasteiger partial charge on any atom is -0.323 e. The summed E-state index contributed by atoms with van der Waals surface area (Å²) < 4.78 is 86.3. The van der Waals surface area contributed by atoms with Gasteiger partial charge in [0.25, 0.3) is 0 Å². The molecule has 3 nitrogen and oxygen atoms in total. The van der Waals surface area contributed by atoms with Gasteiger partial charge in [0.1, 0.15) is 0 Å². The van der Waals surface area contributed by atoms with Crippen molar-refractivity contribution in [1.29, 1.82) is 0 Å². The highest BCUT2D eigenvalue weighted by atomic mass is 19.2. The lowest BCUT2D eigenvalue weighted by Gasteiger charge is -2.51. The summed E-state index contributed by atoms with van der Waals surface area (Å²) >= 11 is 0. The quantitative estimate of drug-likeness (QED) is 0.471. The van der Waals surface area contributed by atoms with Gasteiger partial charge in [-0.25, -0.2) is 22.0 Å². The zero-order valence-electron chi connectivity index (χ0n) is 16.4. The first-order valence-corrected chi connectivity index (χ1v) is 9.82. The lowest BCUT2D eigenvalue weighted by Crippen LogP contribution is -2.58. The number of hydrogen-bond donors (Lipinski definition) is 0. The van der Waals surface area contributed by atoms with Crippen LogP contribution in [0.5, 0.6) is 0 Å². The van der Waals surface area contributed by atoms with Gasteiger partial charge in [0.15, 0.2) is 29.1 Å². The van der Waals surface area contributed by atoms with E-state index in [1.54, 1.807) is 0 Å². The molecule has 2 bridgehead atoms. The van der Waals surface area contributed by atoms with E-state index in [-0.39, 0.29) is 34.9 Å². The highest BCUT2D eigenvalue weighted by Crippen LogP contribution is 2.47. The van der Waals surface area contributed by atoms with Crippen LogP contribution in [0.2, 0.25) is 0 Å². The normalized spacial score (nSPS) is 25.7. The highest BCUT2D eigenvalue weighted by Gasteiger charge is 2.54. The Bertz CT molecular complexity index is 914. The van der Waals surface area contributed by atoms with Crippen molar-refractivity contribution >= 4 is 0 Å². The van der Waals surface area contributed by atoms with Crippen LogP contribution in [0, 0.1) is 34.5 Å². The van der Waals surface area contributed by atoms with E-state index in [0.717, 1.165) is 25.0 Å². The van der Waals surface area contributed by atoms with Crippen LogP contribution in [0.3, 0.4) is 0 Å². The van der Waals surface area contributed by atoms with Gasteiger partial charge >= 0.3 is 5.97 Å². The maximum atomic E-state index is 14.9. The molecule has 0 spiro atoms. The van der Waals surface area contributed by atoms with E-state index in [9.17, 15) is 22.0 Å². The van der Waals surface area contributed by atoms with Crippen molar-refractivity contribution in [3.63, 3.8) is 0 Å². The average molecular weight is 428 g/mol. The van der Waals surface area contributed by atoms with Crippen molar-refractivity contribution in [2.75, 3.05) is 19.8 Å². The molecule has 0 amide bonds. The molecule has 8 heteroatoms. The number of fused-ring (bicyclic) bond motifs is 3. The van der Waals surface area contributed by atoms with Gasteiger partial charge in [-0.05, 0) is 48.6 Å². The Labute approximate surface area is 170 Å². The molecule has 3 aliphatic rings. The molecule has 2 aromatic rings. The van der Waals surface area contributed by atoms with E-state index in [0.29, 0.717) is 19.8 Å². The first-order valence-electron chi connectivity index (χ1n) is 9.82. The van der Waals surface area contributed by atoms with Crippen molar-refractivity contribution in [2.45, 2.75) is 38.6 Å². The molecule has 0 N–H and O–H groups in total. The maximum Gasteiger partial charge on any atom is 0.315 e. The molecule has 0 atom stereocenters. The summed E-state index contributed by atoms with van der Waals surface area (Å²) in [6, 6.07) is 4.36. The van der Waals surface area contributed by atoms with Crippen LogP contribution in [0.1, 0.15) is 36.5 Å². The smallest absolute Gasteiger partial charge is 0.315 e.